The average Bonchev–Trinajstić information content (AvgIpc) is 3.08. The van der Waals surface area contributed by atoms with Crippen LogP contribution in [0.4, 0.5) is 14.6 Å². The van der Waals surface area contributed by atoms with Gasteiger partial charge in [-0.05, 0) is 31.5 Å². The highest BCUT2D eigenvalue weighted by atomic mass is 19.1. The number of carbonyl (C=O) groups is 1. The molecule has 0 radical (unpaired) electrons. The van der Waals surface area contributed by atoms with Gasteiger partial charge in [0.2, 0.25) is 0 Å². The molecule has 3 heterocycles. The van der Waals surface area contributed by atoms with Gasteiger partial charge >= 0.3 is 0 Å². The highest BCUT2D eigenvalue weighted by molar-refractivity contribution is 5.99. The van der Waals surface area contributed by atoms with Gasteiger partial charge in [-0.3, -0.25) is 4.79 Å². The van der Waals surface area contributed by atoms with Crippen molar-refractivity contribution in [1.82, 2.24) is 19.9 Å². The van der Waals surface area contributed by atoms with E-state index in [-0.39, 0.29) is 35.6 Å². The van der Waals surface area contributed by atoms with E-state index >= 15 is 0 Å². The van der Waals surface area contributed by atoms with E-state index in [2.05, 4.69) is 20.7 Å². The molecule has 0 unspecified atom stereocenters. The standard InChI is InChI=1S/C19H19F2N5O2/c1-3-12-9-28-16-5-4-11(20)6-13(16)10(2)23-17-15(21)8-26-18(25-17)14(7-22-26)19(27)24-12/h4-8,10,12H,3,9H2,1-2H3,(H,23,25)(H,24,27)/t10-,12-/m1/s1. The lowest BCUT2D eigenvalue weighted by Gasteiger charge is -2.21. The molecule has 0 saturated carbocycles. The topological polar surface area (TPSA) is 80.6 Å². The lowest BCUT2D eigenvalue weighted by Crippen LogP contribution is -2.38. The first-order valence-corrected chi connectivity index (χ1v) is 8.99. The highest BCUT2D eigenvalue weighted by Crippen LogP contribution is 2.30. The van der Waals surface area contributed by atoms with Gasteiger partial charge < -0.3 is 15.4 Å². The van der Waals surface area contributed by atoms with Crippen LogP contribution >= 0.6 is 0 Å². The lowest BCUT2D eigenvalue weighted by atomic mass is 10.1. The molecule has 9 heteroatoms. The number of rotatable bonds is 1. The van der Waals surface area contributed by atoms with Gasteiger partial charge in [-0.2, -0.15) is 5.10 Å². The minimum absolute atomic E-state index is 0.0592. The van der Waals surface area contributed by atoms with E-state index in [1.807, 2.05) is 6.92 Å². The van der Waals surface area contributed by atoms with Gasteiger partial charge in [-0.25, -0.2) is 18.3 Å². The summed E-state index contributed by atoms with van der Waals surface area (Å²) in [5.41, 5.74) is 0.982. The fourth-order valence-corrected chi connectivity index (χ4v) is 3.14. The zero-order valence-corrected chi connectivity index (χ0v) is 15.4. The van der Waals surface area contributed by atoms with E-state index in [9.17, 15) is 13.6 Å². The van der Waals surface area contributed by atoms with Gasteiger partial charge in [0.15, 0.2) is 17.3 Å². The van der Waals surface area contributed by atoms with Crippen molar-refractivity contribution in [1.29, 1.82) is 0 Å². The molecule has 0 spiro atoms. The fourth-order valence-electron chi connectivity index (χ4n) is 3.14. The average molecular weight is 387 g/mol. The van der Waals surface area contributed by atoms with Gasteiger partial charge in [-0.15, -0.1) is 0 Å². The molecule has 0 fully saturated rings. The Bertz CT molecular complexity index is 1050. The number of halogens is 2. The number of nitrogens with one attached hydrogen (secondary N) is 2. The molecule has 28 heavy (non-hydrogen) atoms. The van der Waals surface area contributed by atoms with Crippen LogP contribution in [0.1, 0.15) is 42.2 Å². The van der Waals surface area contributed by atoms with Crippen LogP contribution in [0.15, 0.2) is 30.6 Å². The number of hydrogen-bond acceptors (Lipinski definition) is 5. The number of anilines is 1. The zero-order chi connectivity index (χ0) is 19.8. The van der Waals surface area contributed by atoms with Crippen molar-refractivity contribution >= 4 is 17.4 Å². The van der Waals surface area contributed by atoms with E-state index < -0.39 is 17.7 Å². The fraction of sp³-hybridized carbons (Fsp3) is 0.316. The Hall–Kier alpha value is -3.23. The van der Waals surface area contributed by atoms with Crippen molar-refractivity contribution in [3.63, 3.8) is 0 Å². The second-order valence-electron chi connectivity index (χ2n) is 6.70. The molecule has 2 atom stereocenters. The summed E-state index contributed by atoms with van der Waals surface area (Å²) in [6, 6.07) is 3.40. The van der Waals surface area contributed by atoms with Crippen LogP contribution in [0.3, 0.4) is 0 Å². The summed E-state index contributed by atoms with van der Waals surface area (Å²) in [6.45, 7) is 3.88. The highest BCUT2D eigenvalue weighted by Gasteiger charge is 2.23. The summed E-state index contributed by atoms with van der Waals surface area (Å²) in [4.78, 5) is 16.9. The van der Waals surface area contributed by atoms with Crippen LogP contribution in [0, 0.1) is 11.6 Å². The molecule has 0 saturated heterocycles. The second-order valence-corrected chi connectivity index (χ2v) is 6.70. The minimum atomic E-state index is -0.644. The van der Waals surface area contributed by atoms with Crippen LogP contribution in [0.2, 0.25) is 0 Å². The number of aromatic nitrogens is 3. The quantitative estimate of drug-likeness (QED) is 0.671. The van der Waals surface area contributed by atoms with Gasteiger partial charge in [0, 0.05) is 5.56 Å². The number of benzene rings is 1. The van der Waals surface area contributed by atoms with Crippen molar-refractivity contribution in [2.24, 2.45) is 0 Å². The summed E-state index contributed by atoms with van der Waals surface area (Å²) in [7, 11) is 0. The van der Waals surface area contributed by atoms with Gasteiger partial charge in [-0.1, -0.05) is 6.92 Å². The van der Waals surface area contributed by atoms with Gasteiger partial charge in [0.1, 0.15) is 23.7 Å². The van der Waals surface area contributed by atoms with Crippen molar-refractivity contribution < 1.29 is 18.3 Å². The van der Waals surface area contributed by atoms with E-state index in [4.69, 9.17) is 4.74 Å². The molecule has 1 aliphatic heterocycles. The smallest absolute Gasteiger partial charge is 0.257 e. The summed E-state index contributed by atoms with van der Waals surface area (Å²) in [5.74, 6) is -1.05. The van der Waals surface area contributed by atoms with Crippen molar-refractivity contribution in [2.45, 2.75) is 32.4 Å². The molecule has 1 amide bonds. The maximum Gasteiger partial charge on any atom is 0.257 e. The van der Waals surface area contributed by atoms with E-state index in [1.165, 1.54) is 28.9 Å². The molecule has 3 aromatic rings. The number of carbonyl (C=O) groups excluding carboxylic acids is 1. The number of nitrogens with zero attached hydrogens (tertiary/aromatic N) is 3. The molecular weight excluding hydrogens is 368 g/mol. The molecule has 2 N–H and O–H groups in total. The second kappa shape index (κ2) is 7.06. The summed E-state index contributed by atoms with van der Waals surface area (Å²) < 4.78 is 35.4. The number of hydrogen-bond donors (Lipinski definition) is 2. The van der Waals surface area contributed by atoms with Crippen LogP contribution in [-0.4, -0.2) is 33.2 Å². The molecule has 146 valence electrons. The van der Waals surface area contributed by atoms with E-state index in [0.29, 0.717) is 17.7 Å². The van der Waals surface area contributed by atoms with Crippen LogP contribution in [0.25, 0.3) is 5.65 Å². The Morgan fingerprint density at radius 1 is 1.32 bits per heavy atom. The number of ether oxygens (including phenoxy) is 1. The molecule has 2 aromatic heterocycles. The summed E-state index contributed by atoms with van der Waals surface area (Å²) >= 11 is 0. The molecular formula is C19H19F2N5O2. The number of fused-ring (bicyclic) bond motifs is 2. The first kappa shape index (κ1) is 18.1. The third kappa shape index (κ3) is 3.23. The Kier molecular flexibility index (Phi) is 4.58. The first-order chi connectivity index (χ1) is 13.5. The predicted octanol–water partition coefficient (Wildman–Crippen LogP) is 3.08. The molecule has 0 aliphatic carbocycles. The largest absolute Gasteiger partial charge is 0.491 e. The Morgan fingerprint density at radius 2 is 2.14 bits per heavy atom. The third-order valence-electron chi connectivity index (χ3n) is 4.75. The third-order valence-corrected chi connectivity index (χ3v) is 4.75. The maximum absolute atomic E-state index is 14.5. The van der Waals surface area contributed by atoms with Crippen LogP contribution < -0.4 is 15.4 Å². The van der Waals surface area contributed by atoms with Crippen molar-refractivity contribution in [3.8, 4) is 5.75 Å². The zero-order valence-electron chi connectivity index (χ0n) is 15.4. The summed E-state index contributed by atoms with van der Waals surface area (Å²) in [5, 5.41) is 9.83. The Balaban J connectivity index is 1.86. The predicted molar refractivity (Wildman–Crippen MR) is 98.4 cm³/mol. The summed E-state index contributed by atoms with van der Waals surface area (Å²) in [6.07, 6.45) is 3.12. The number of amides is 1. The van der Waals surface area contributed by atoms with Gasteiger partial charge in [0.25, 0.3) is 5.91 Å². The molecule has 4 rings (SSSR count). The molecule has 2 bridgehead atoms. The van der Waals surface area contributed by atoms with Crippen molar-refractivity contribution in [3.05, 3.63) is 53.4 Å². The molecule has 1 aliphatic rings. The lowest BCUT2D eigenvalue weighted by molar-refractivity contribution is 0.0921. The van der Waals surface area contributed by atoms with Gasteiger partial charge in [0.05, 0.1) is 24.5 Å². The Labute approximate surface area is 159 Å². The normalized spacial score (nSPS) is 19.6. The molecule has 1 aromatic carbocycles. The molecule has 7 nitrogen and oxygen atoms in total. The monoisotopic (exact) mass is 387 g/mol. The van der Waals surface area contributed by atoms with Crippen LogP contribution in [0.5, 0.6) is 5.75 Å². The minimum Gasteiger partial charge on any atom is -0.491 e. The SMILES string of the molecule is CC[C@@H]1COc2ccc(F)cc2[C@@H](C)Nc2nc3c(cnn3cc2F)C(=O)N1. The van der Waals surface area contributed by atoms with E-state index in [1.54, 1.807) is 6.92 Å². The van der Waals surface area contributed by atoms with E-state index in [0.717, 1.165) is 6.20 Å². The maximum atomic E-state index is 14.5. The Morgan fingerprint density at radius 3 is 2.93 bits per heavy atom. The van der Waals surface area contributed by atoms with Crippen LogP contribution in [-0.2, 0) is 0 Å². The van der Waals surface area contributed by atoms with Crippen molar-refractivity contribution in [2.75, 3.05) is 11.9 Å². The first-order valence-electron chi connectivity index (χ1n) is 8.99.